The van der Waals surface area contributed by atoms with Crippen LogP contribution >= 0.6 is 11.8 Å². The Labute approximate surface area is 106 Å². The maximum atomic E-state index is 3.89. The summed E-state index contributed by atoms with van der Waals surface area (Å²) >= 11 is 2.06. The summed E-state index contributed by atoms with van der Waals surface area (Å²) in [4.78, 5) is 0. The van der Waals surface area contributed by atoms with Crippen molar-refractivity contribution in [2.24, 2.45) is 0 Å². The molecule has 0 heterocycles. The van der Waals surface area contributed by atoms with Crippen molar-refractivity contribution < 1.29 is 0 Å². The second-order valence-corrected chi connectivity index (χ2v) is 6.29. The highest BCUT2D eigenvalue weighted by molar-refractivity contribution is 7.99. The highest BCUT2D eigenvalue weighted by Gasteiger charge is 2.21. The summed E-state index contributed by atoms with van der Waals surface area (Å²) in [6.07, 6.45) is 13.2. The van der Waals surface area contributed by atoms with E-state index in [1.54, 1.807) is 0 Å². The Balaban J connectivity index is 2.24. The predicted octanol–water partition coefficient (Wildman–Crippen LogP) is 4.22. The molecule has 1 saturated carbocycles. The van der Waals surface area contributed by atoms with Gasteiger partial charge in [-0.15, -0.1) is 0 Å². The molecule has 0 aromatic rings. The summed E-state index contributed by atoms with van der Waals surface area (Å²) in [5.41, 5.74) is 0. The molecule has 1 aliphatic rings. The van der Waals surface area contributed by atoms with Crippen molar-refractivity contribution in [1.29, 1.82) is 0 Å². The van der Waals surface area contributed by atoms with Crippen LogP contribution in [0.25, 0.3) is 0 Å². The lowest BCUT2D eigenvalue weighted by Crippen LogP contribution is -2.40. The molecule has 0 amide bonds. The van der Waals surface area contributed by atoms with Crippen molar-refractivity contribution in [3.63, 3.8) is 0 Å². The SMILES string of the molecule is CCCC(CCC)NC1CCC(SC)CC1. The summed E-state index contributed by atoms with van der Waals surface area (Å²) in [6, 6.07) is 1.59. The molecule has 16 heavy (non-hydrogen) atoms. The molecular formula is C14H29NS. The van der Waals surface area contributed by atoms with Gasteiger partial charge in [-0.3, -0.25) is 0 Å². The zero-order valence-electron chi connectivity index (χ0n) is 11.3. The van der Waals surface area contributed by atoms with Gasteiger partial charge in [0.15, 0.2) is 0 Å². The molecule has 96 valence electrons. The van der Waals surface area contributed by atoms with Crippen LogP contribution in [0.3, 0.4) is 0 Å². The molecule has 0 saturated heterocycles. The third kappa shape index (κ3) is 5.09. The normalized spacial score (nSPS) is 26.2. The van der Waals surface area contributed by atoms with Gasteiger partial charge < -0.3 is 5.32 Å². The van der Waals surface area contributed by atoms with Gasteiger partial charge in [-0.25, -0.2) is 0 Å². The molecule has 1 N–H and O–H groups in total. The topological polar surface area (TPSA) is 12.0 Å². The predicted molar refractivity (Wildman–Crippen MR) is 76.3 cm³/mol. The van der Waals surface area contributed by atoms with Gasteiger partial charge in [-0.05, 0) is 44.8 Å². The summed E-state index contributed by atoms with van der Waals surface area (Å²) in [7, 11) is 0. The van der Waals surface area contributed by atoms with Crippen LogP contribution in [-0.4, -0.2) is 23.6 Å². The van der Waals surface area contributed by atoms with Gasteiger partial charge in [-0.2, -0.15) is 11.8 Å². The molecule has 0 aromatic carbocycles. The van der Waals surface area contributed by atoms with Crippen LogP contribution in [0.1, 0.15) is 65.2 Å². The van der Waals surface area contributed by atoms with Gasteiger partial charge in [-0.1, -0.05) is 26.7 Å². The minimum Gasteiger partial charge on any atom is -0.311 e. The monoisotopic (exact) mass is 243 g/mol. The van der Waals surface area contributed by atoms with E-state index in [2.05, 4.69) is 37.2 Å². The fourth-order valence-electron chi connectivity index (χ4n) is 2.81. The molecule has 2 heteroatoms. The number of hydrogen-bond acceptors (Lipinski definition) is 2. The molecule has 1 nitrogen and oxygen atoms in total. The van der Waals surface area contributed by atoms with Crippen molar-refractivity contribution >= 4 is 11.8 Å². The molecule has 0 aromatic heterocycles. The van der Waals surface area contributed by atoms with Crippen molar-refractivity contribution in [3.8, 4) is 0 Å². The lowest BCUT2D eigenvalue weighted by atomic mass is 9.93. The quantitative estimate of drug-likeness (QED) is 0.718. The van der Waals surface area contributed by atoms with E-state index >= 15 is 0 Å². The van der Waals surface area contributed by atoms with Crippen molar-refractivity contribution in [2.75, 3.05) is 6.26 Å². The Morgan fingerprint density at radius 3 is 2.06 bits per heavy atom. The summed E-state index contributed by atoms with van der Waals surface area (Å²) < 4.78 is 0. The van der Waals surface area contributed by atoms with Gasteiger partial charge in [0, 0.05) is 17.3 Å². The third-order valence-electron chi connectivity index (χ3n) is 3.75. The van der Waals surface area contributed by atoms with Crippen molar-refractivity contribution in [1.82, 2.24) is 5.32 Å². The molecule has 0 radical (unpaired) electrons. The number of hydrogen-bond donors (Lipinski definition) is 1. The van der Waals surface area contributed by atoms with Gasteiger partial charge in [0.1, 0.15) is 0 Å². The van der Waals surface area contributed by atoms with Gasteiger partial charge in [0.2, 0.25) is 0 Å². The second kappa shape index (κ2) is 8.41. The molecule has 0 aliphatic heterocycles. The summed E-state index contributed by atoms with van der Waals surface area (Å²) in [6.45, 7) is 4.60. The summed E-state index contributed by atoms with van der Waals surface area (Å²) in [5.74, 6) is 0. The van der Waals surface area contributed by atoms with Crippen LogP contribution in [0.2, 0.25) is 0 Å². The Morgan fingerprint density at radius 1 is 1.06 bits per heavy atom. The molecule has 0 atom stereocenters. The van der Waals surface area contributed by atoms with E-state index in [9.17, 15) is 0 Å². The van der Waals surface area contributed by atoms with E-state index in [1.165, 1.54) is 51.4 Å². The van der Waals surface area contributed by atoms with Crippen LogP contribution in [-0.2, 0) is 0 Å². The maximum Gasteiger partial charge on any atom is 0.00704 e. The first-order valence-electron chi connectivity index (χ1n) is 7.09. The third-order valence-corrected chi connectivity index (χ3v) is 4.89. The molecule has 1 rings (SSSR count). The highest BCUT2D eigenvalue weighted by atomic mass is 32.2. The largest absolute Gasteiger partial charge is 0.311 e. The molecule has 1 fully saturated rings. The zero-order valence-corrected chi connectivity index (χ0v) is 12.1. The standard InChI is InChI=1S/C14H29NS/c1-4-6-12(7-5-2)15-13-8-10-14(16-3)11-9-13/h12-15H,4-11H2,1-3H3. The average molecular weight is 243 g/mol. The number of nitrogens with one attached hydrogen (secondary N) is 1. The van der Waals surface area contributed by atoms with Gasteiger partial charge in [0.05, 0.1) is 0 Å². The van der Waals surface area contributed by atoms with Crippen LogP contribution in [0.5, 0.6) is 0 Å². The molecule has 0 spiro atoms. The Bertz CT molecular complexity index is 158. The first-order valence-corrected chi connectivity index (χ1v) is 8.37. The zero-order chi connectivity index (χ0) is 11.8. The Morgan fingerprint density at radius 2 is 1.62 bits per heavy atom. The first kappa shape index (κ1) is 14.4. The molecule has 0 bridgehead atoms. The van der Waals surface area contributed by atoms with E-state index < -0.39 is 0 Å². The highest BCUT2D eigenvalue weighted by Crippen LogP contribution is 2.27. The van der Waals surface area contributed by atoms with Crippen molar-refractivity contribution in [3.05, 3.63) is 0 Å². The van der Waals surface area contributed by atoms with Crippen LogP contribution < -0.4 is 5.32 Å². The fourth-order valence-corrected chi connectivity index (χ4v) is 3.55. The van der Waals surface area contributed by atoms with Gasteiger partial charge >= 0.3 is 0 Å². The molecular weight excluding hydrogens is 214 g/mol. The van der Waals surface area contributed by atoms with E-state index in [0.29, 0.717) is 0 Å². The summed E-state index contributed by atoms with van der Waals surface area (Å²) in [5, 5.41) is 4.83. The average Bonchev–Trinajstić information content (AvgIpc) is 2.31. The maximum absolute atomic E-state index is 3.89. The minimum atomic E-state index is 0.783. The number of rotatable bonds is 7. The van der Waals surface area contributed by atoms with Crippen molar-refractivity contribution in [2.45, 2.75) is 82.5 Å². The first-order chi connectivity index (χ1) is 7.80. The van der Waals surface area contributed by atoms with Gasteiger partial charge in [0.25, 0.3) is 0 Å². The van der Waals surface area contributed by atoms with E-state index in [4.69, 9.17) is 0 Å². The van der Waals surface area contributed by atoms with E-state index in [0.717, 1.165) is 17.3 Å². The Hall–Kier alpha value is 0.310. The van der Waals surface area contributed by atoms with Crippen LogP contribution in [0.15, 0.2) is 0 Å². The number of thioether (sulfide) groups is 1. The smallest absolute Gasteiger partial charge is 0.00704 e. The van der Waals surface area contributed by atoms with E-state index in [1.807, 2.05) is 0 Å². The van der Waals surface area contributed by atoms with E-state index in [-0.39, 0.29) is 0 Å². The van der Waals surface area contributed by atoms with Crippen LogP contribution in [0.4, 0.5) is 0 Å². The lowest BCUT2D eigenvalue weighted by molar-refractivity contribution is 0.319. The second-order valence-electron chi connectivity index (χ2n) is 5.15. The molecule has 1 aliphatic carbocycles. The fraction of sp³-hybridized carbons (Fsp3) is 1.00. The minimum absolute atomic E-state index is 0.783. The molecule has 0 unspecified atom stereocenters. The Kier molecular flexibility index (Phi) is 7.55. The van der Waals surface area contributed by atoms with Crippen LogP contribution in [0, 0.1) is 0 Å². The lowest BCUT2D eigenvalue weighted by Gasteiger charge is -2.31.